The fourth-order valence-electron chi connectivity index (χ4n) is 2.81. The molecule has 0 saturated carbocycles. The van der Waals surface area contributed by atoms with Gasteiger partial charge in [0.1, 0.15) is 11.6 Å². The molecule has 0 unspecified atom stereocenters. The summed E-state index contributed by atoms with van der Waals surface area (Å²) >= 11 is 0. The number of benzene rings is 1. The number of hydrogen-bond acceptors (Lipinski definition) is 6. The summed E-state index contributed by atoms with van der Waals surface area (Å²) in [5.74, 6) is -0.439. The standard InChI is InChI=1S/C15H18N2O4/c1-2-4-13-12(3-1)17-14(20-13)16-9-11-10-19-15(21-11)5-7-18-8-6-15/h1-4,11H,5-10H2,(H,16,17)/t11-/m0/s1. The van der Waals surface area contributed by atoms with E-state index in [1.54, 1.807) is 0 Å². The lowest BCUT2D eigenvalue weighted by Crippen LogP contribution is -2.38. The van der Waals surface area contributed by atoms with Gasteiger partial charge in [-0.3, -0.25) is 0 Å². The van der Waals surface area contributed by atoms with E-state index in [0.29, 0.717) is 32.4 Å². The zero-order chi connectivity index (χ0) is 14.1. The molecule has 0 bridgehead atoms. The Bertz CT molecular complexity index is 588. The maximum atomic E-state index is 6.05. The van der Waals surface area contributed by atoms with Gasteiger partial charge in [-0.2, -0.15) is 4.98 Å². The lowest BCUT2D eigenvalue weighted by Gasteiger charge is -2.31. The number of ether oxygens (including phenoxy) is 3. The van der Waals surface area contributed by atoms with Gasteiger partial charge < -0.3 is 23.9 Å². The Hall–Kier alpha value is -1.63. The monoisotopic (exact) mass is 290 g/mol. The second-order valence-electron chi connectivity index (χ2n) is 5.44. The van der Waals surface area contributed by atoms with E-state index in [9.17, 15) is 0 Å². The van der Waals surface area contributed by atoms with Crippen molar-refractivity contribution in [2.45, 2.75) is 24.7 Å². The van der Waals surface area contributed by atoms with Crippen LogP contribution in [0.1, 0.15) is 12.8 Å². The normalized spacial score (nSPS) is 24.7. The highest BCUT2D eigenvalue weighted by Gasteiger charge is 2.42. The maximum Gasteiger partial charge on any atom is 0.295 e. The van der Waals surface area contributed by atoms with Crippen molar-refractivity contribution in [3.63, 3.8) is 0 Å². The van der Waals surface area contributed by atoms with E-state index in [4.69, 9.17) is 18.6 Å². The molecule has 1 aromatic carbocycles. The minimum absolute atomic E-state index is 0.0121. The van der Waals surface area contributed by atoms with E-state index in [-0.39, 0.29) is 6.10 Å². The molecule has 1 aromatic heterocycles. The van der Waals surface area contributed by atoms with Crippen molar-refractivity contribution in [1.29, 1.82) is 0 Å². The van der Waals surface area contributed by atoms with Gasteiger partial charge in [0.2, 0.25) is 0 Å². The summed E-state index contributed by atoms with van der Waals surface area (Å²) in [5, 5.41) is 3.18. The molecule has 4 rings (SSSR count). The number of rotatable bonds is 3. The highest BCUT2D eigenvalue weighted by molar-refractivity contribution is 5.74. The number of anilines is 1. The van der Waals surface area contributed by atoms with Gasteiger partial charge in [-0.15, -0.1) is 0 Å². The van der Waals surface area contributed by atoms with Crippen LogP contribution in [0, 0.1) is 0 Å². The molecule has 0 aliphatic carbocycles. The number of aromatic nitrogens is 1. The van der Waals surface area contributed by atoms with Gasteiger partial charge in [0.05, 0.1) is 19.8 Å². The van der Waals surface area contributed by atoms with Gasteiger partial charge in [-0.05, 0) is 12.1 Å². The van der Waals surface area contributed by atoms with E-state index in [1.165, 1.54) is 0 Å². The van der Waals surface area contributed by atoms with Crippen molar-refractivity contribution in [2.75, 3.05) is 31.7 Å². The fourth-order valence-corrected chi connectivity index (χ4v) is 2.81. The zero-order valence-electron chi connectivity index (χ0n) is 11.7. The minimum Gasteiger partial charge on any atom is -0.424 e. The molecular formula is C15H18N2O4. The van der Waals surface area contributed by atoms with Crippen LogP contribution in [0.5, 0.6) is 0 Å². The van der Waals surface area contributed by atoms with Crippen LogP contribution in [0.25, 0.3) is 11.1 Å². The number of fused-ring (bicyclic) bond motifs is 1. The Morgan fingerprint density at radius 2 is 2.10 bits per heavy atom. The Labute approximate surface area is 122 Å². The van der Waals surface area contributed by atoms with Gasteiger partial charge in [-0.25, -0.2) is 0 Å². The molecule has 0 radical (unpaired) electrons. The Morgan fingerprint density at radius 3 is 2.95 bits per heavy atom. The van der Waals surface area contributed by atoms with E-state index < -0.39 is 5.79 Å². The molecule has 1 N–H and O–H groups in total. The molecule has 6 nitrogen and oxygen atoms in total. The van der Waals surface area contributed by atoms with Crippen LogP contribution in [0.15, 0.2) is 28.7 Å². The predicted octanol–water partition coefficient (Wildman–Crippen LogP) is 2.16. The van der Waals surface area contributed by atoms with Crippen LogP contribution in [0.3, 0.4) is 0 Å². The van der Waals surface area contributed by atoms with Gasteiger partial charge in [0.25, 0.3) is 6.01 Å². The van der Waals surface area contributed by atoms with Crippen molar-refractivity contribution >= 4 is 17.1 Å². The van der Waals surface area contributed by atoms with Crippen LogP contribution in [0.2, 0.25) is 0 Å². The Kier molecular flexibility index (Phi) is 3.29. The first-order chi connectivity index (χ1) is 10.3. The van der Waals surface area contributed by atoms with Gasteiger partial charge in [0.15, 0.2) is 11.4 Å². The van der Waals surface area contributed by atoms with Gasteiger partial charge >= 0.3 is 0 Å². The summed E-state index contributed by atoms with van der Waals surface area (Å²) in [6.07, 6.45) is 1.61. The van der Waals surface area contributed by atoms with Crippen LogP contribution in [-0.4, -0.2) is 43.2 Å². The maximum absolute atomic E-state index is 6.05. The molecule has 112 valence electrons. The van der Waals surface area contributed by atoms with Gasteiger partial charge in [0, 0.05) is 19.4 Å². The van der Waals surface area contributed by atoms with Crippen LogP contribution >= 0.6 is 0 Å². The molecular weight excluding hydrogens is 272 g/mol. The molecule has 3 heterocycles. The van der Waals surface area contributed by atoms with E-state index >= 15 is 0 Å². The summed E-state index contributed by atoms with van der Waals surface area (Å²) in [5.41, 5.74) is 1.63. The van der Waals surface area contributed by atoms with Crippen molar-refractivity contribution in [1.82, 2.24) is 4.98 Å². The van der Waals surface area contributed by atoms with Crippen molar-refractivity contribution in [2.24, 2.45) is 0 Å². The molecule has 2 fully saturated rings. The Balaban J connectivity index is 1.36. The molecule has 1 spiro atoms. The lowest BCUT2D eigenvalue weighted by molar-refractivity contribution is -0.209. The number of hydrogen-bond donors (Lipinski definition) is 1. The summed E-state index contributed by atoms with van der Waals surface area (Å²) in [6.45, 7) is 2.61. The number of nitrogens with zero attached hydrogens (tertiary/aromatic N) is 1. The average Bonchev–Trinajstić information content (AvgIpc) is 3.10. The van der Waals surface area contributed by atoms with Crippen LogP contribution < -0.4 is 5.32 Å². The Morgan fingerprint density at radius 1 is 1.24 bits per heavy atom. The largest absolute Gasteiger partial charge is 0.424 e. The summed E-state index contributed by atoms with van der Waals surface area (Å²) < 4.78 is 22.9. The summed E-state index contributed by atoms with van der Waals surface area (Å²) in [4.78, 5) is 4.38. The zero-order valence-corrected chi connectivity index (χ0v) is 11.7. The molecule has 2 aromatic rings. The predicted molar refractivity (Wildman–Crippen MR) is 76.1 cm³/mol. The van der Waals surface area contributed by atoms with Crippen LogP contribution in [0.4, 0.5) is 6.01 Å². The molecule has 0 amide bonds. The molecule has 6 heteroatoms. The number of oxazole rings is 1. The fraction of sp³-hybridized carbons (Fsp3) is 0.533. The third-order valence-electron chi connectivity index (χ3n) is 3.94. The van der Waals surface area contributed by atoms with Crippen molar-refractivity contribution < 1.29 is 18.6 Å². The third-order valence-corrected chi connectivity index (χ3v) is 3.94. The van der Waals surface area contributed by atoms with Gasteiger partial charge in [-0.1, -0.05) is 12.1 Å². The van der Waals surface area contributed by atoms with E-state index in [1.807, 2.05) is 24.3 Å². The molecule has 2 aliphatic heterocycles. The third kappa shape index (κ3) is 2.62. The quantitative estimate of drug-likeness (QED) is 0.934. The SMILES string of the molecule is c1ccc2oc(NC[C@H]3COC4(CCOCC4)O3)nc2c1. The van der Waals surface area contributed by atoms with Crippen LogP contribution in [-0.2, 0) is 14.2 Å². The summed E-state index contributed by atoms with van der Waals surface area (Å²) in [7, 11) is 0. The minimum atomic E-state index is -0.439. The first kappa shape index (κ1) is 13.1. The number of nitrogens with one attached hydrogen (secondary N) is 1. The highest BCUT2D eigenvalue weighted by Crippen LogP contribution is 2.33. The van der Waals surface area contributed by atoms with E-state index in [2.05, 4.69) is 10.3 Å². The topological polar surface area (TPSA) is 65.8 Å². The molecule has 1 atom stereocenters. The first-order valence-electron chi connectivity index (χ1n) is 7.32. The second kappa shape index (κ2) is 5.29. The molecule has 2 saturated heterocycles. The molecule has 2 aliphatic rings. The molecule has 21 heavy (non-hydrogen) atoms. The summed E-state index contributed by atoms with van der Waals surface area (Å²) in [6, 6.07) is 8.22. The second-order valence-corrected chi connectivity index (χ2v) is 5.44. The number of para-hydroxylation sites is 2. The van der Waals surface area contributed by atoms with Crippen molar-refractivity contribution in [3.05, 3.63) is 24.3 Å². The highest BCUT2D eigenvalue weighted by atomic mass is 16.7. The van der Waals surface area contributed by atoms with Crippen molar-refractivity contribution in [3.8, 4) is 0 Å². The lowest BCUT2D eigenvalue weighted by atomic mass is 10.1. The first-order valence-corrected chi connectivity index (χ1v) is 7.32. The van der Waals surface area contributed by atoms with E-state index in [0.717, 1.165) is 23.9 Å². The smallest absolute Gasteiger partial charge is 0.295 e. The average molecular weight is 290 g/mol.